The Hall–Kier alpha value is -2.21. The lowest BCUT2D eigenvalue weighted by atomic mass is 10.2. The Morgan fingerprint density at radius 1 is 1.47 bits per heavy atom. The first-order valence-electron chi connectivity index (χ1n) is 5.60. The molecule has 1 aromatic carbocycles. The van der Waals surface area contributed by atoms with Gasteiger partial charge < -0.3 is 4.74 Å². The van der Waals surface area contributed by atoms with Crippen LogP contribution >= 0.6 is 11.6 Å². The van der Waals surface area contributed by atoms with Crippen LogP contribution in [0.15, 0.2) is 30.3 Å². The number of hydrogen-bond donors (Lipinski definition) is 0. The van der Waals surface area contributed by atoms with E-state index >= 15 is 0 Å². The monoisotopic (exact) mass is 278 g/mol. The van der Waals surface area contributed by atoms with Crippen LogP contribution in [0.25, 0.3) is 17.6 Å². The fourth-order valence-electron chi connectivity index (χ4n) is 1.36. The third-order valence-electron chi connectivity index (χ3n) is 2.17. The van der Waals surface area contributed by atoms with Crippen LogP contribution in [-0.2, 0) is 9.53 Å². The molecular formula is C12H11ClN4O2. The lowest BCUT2D eigenvalue weighted by molar-refractivity contribution is -0.137. The van der Waals surface area contributed by atoms with Crippen LogP contribution in [0.3, 0.4) is 0 Å². The first kappa shape index (κ1) is 13.2. The van der Waals surface area contributed by atoms with Crippen LogP contribution in [0.2, 0.25) is 5.02 Å². The molecule has 0 saturated carbocycles. The molecule has 0 aliphatic heterocycles. The number of halogens is 1. The van der Waals surface area contributed by atoms with Gasteiger partial charge in [-0.05, 0) is 24.3 Å². The molecule has 0 radical (unpaired) electrons. The van der Waals surface area contributed by atoms with Crippen molar-refractivity contribution >= 4 is 23.8 Å². The maximum absolute atomic E-state index is 11.1. The lowest BCUT2D eigenvalue weighted by Gasteiger charge is -1.96. The average molecular weight is 279 g/mol. The summed E-state index contributed by atoms with van der Waals surface area (Å²) in [5.74, 6) is -0.0711. The third kappa shape index (κ3) is 3.38. The number of rotatable bonds is 4. The minimum atomic E-state index is -0.459. The summed E-state index contributed by atoms with van der Waals surface area (Å²) in [5.41, 5.74) is 0.681. The van der Waals surface area contributed by atoms with E-state index in [4.69, 9.17) is 16.3 Å². The fourth-order valence-corrected chi connectivity index (χ4v) is 1.58. The fraction of sp³-hybridized carbons (Fsp3) is 0.167. The molecule has 0 N–H and O–H groups in total. The SMILES string of the molecule is CCOC(=O)/C=C/n1nnc(-c2ccccc2Cl)n1. The molecule has 0 fully saturated rings. The largest absolute Gasteiger partial charge is 0.463 e. The summed E-state index contributed by atoms with van der Waals surface area (Å²) in [6.45, 7) is 2.05. The summed E-state index contributed by atoms with van der Waals surface area (Å²) in [6, 6.07) is 7.18. The number of esters is 1. The molecule has 1 heterocycles. The van der Waals surface area contributed by atoms with E-state index in [1.54, 1.807) is 19.1 Å². The molecule has 0 saturated heterocycles. The summed E-state index contributed by atoms with van der Waals surface area (Å²) in [6.07, 6.45) is 2.59. The number of carbonyl (C=O) groups is 1. The molecule has 0 spiro atoms. The van der Waals surface area contributed by atoms with Crippen molar-refractivity contribution in [3.63, 3.8) is 0 Å². The van der Waals surface area contributed by atoms with E-state index < -0.39 is 5.97 Å². The van der Waals surface area contributed by atoms with Gasteiger partial charge >= 0.3 is 5.97 Å². The molecule has 19 heavy (non-hydrogen) atoms. The van der Waals surface area contributed by atoms with Crippen LogP contribution in [0.4, 0.5) is 0 Å². The summed E-state index contributed by atoms with van der Waals surface area (Å²) < 4.78 is 4.74. The lowest BCUT2D eigenvalue weighted by Crippen LogP contribution is -2.01. The zero-order chi connectivity index (χ0) is 13.7. The van der Waals surface area contributed by atoms with Gasteiger partial charge in [0.05, 0.1) is 17.8 Å². The molecule has 1 aromatic heterocycles. The number of benzene rings is 1. The number of tetrazole rings is 1. The number of nitrogens with zero attached hydrogens (tertiary/aromatic N) is 4. The zero-order valence-corrected chi connectivity index (χ0v) is 10.9. The molecular weight excluding hydrogens is 268 g/mol. The predicted molar refractivity (Wildman–Crippen MR) is 70.2 cm³/mol. The van der Waals surface area contributed by atoms with Crippen LogP contribution in [0, 0.1) is 0 Å². The Morgan fingerprint density at radius 3 is 3.00 bits per heavy atom. The molecule has 0 bridgehead atoms. The highest BCUT2D eigenvalue weighted by Gasteiger charge is 2.08. The van der Waals surface area contributed by atoms with E-state index in [-0.39, 0.29) is 0 Å². The Bertz CT molecular complexity index is 609. The second-order valence-corrected chi connectivity index (χ2v) is 3.89. The van der Waals surface area contributed by atoms with Crippen LogP contribution < -0.4 is 0 Å². The van der Waals surface area contributed by atoms with Crippen LogP contribution in [-0.4, -0.2) is 32.8 Å². The van der Waals surface area contributed by atoms with Crippen molar-refractivity contribution < 1.29 is 9.53 Å². The second-order valence-electron chi connectivity index (χ2n) is 3.48. The minimum absolute atomic E-state index is 0.318. The van der Waals surface area contributed by atoms with Gasteiger partial charge in [0, 0.05) is 11.6 Å². The van der Waals surface area contributed by atoms with Gasteiger partial charge in [0.2, 0.25) is 5.82 Å². The highest BCUT2D eigenvalue weighted by atomic mass is 35.5. The van der Waals surface area contributed by atoms with Crippen molar-refractivity contribution in [2.24, 2.45) is 0 Å². The number of ether oxygens (including phenoxy) is 1. The Balaban J connectivity index is 2.16. The third-order valence-corrected chi connectivity index (χ3v) is 2.50. The highest BCUT2D eigenvalue weighted by Crippen LogP contribution is 2.23. The van der Waals surface area contributed by atoms with Crippen molar-refractivity contribution in [3.05, 3.63) is 35.4 Å². The summed E-state index contributed by atoms with van der Waals surface area (Å²) >= 11 is 6.03. The molecule has 0 aliphatic carbocycles. The quantitative estimate of drug-likeness (QED) is 0.632. The molecule has 0 unspecified atom stereocenters. The van der Waals surface area contributed by atoms with Gasteiger partial charge in [-0.2, -0.15) is 0 Å². The van der Waals surface area contributed by atoms with E-state index in [1.165, 1.54) is 17.1 Å². The standard InChI is InChI=1S/C12H11ClN4O2/c1-2-19-11(18)7-8-17-15-12(14-16-17)9-5-3-4-6-10(9)13/h3-8H,2H2,1H3/b8-7+. The highest BCUT2D eigenvalue weighted by molar-refractivity contribution is 6.33. The van der Waals surface area contributed by atoms with Gasteiger partial charge in [-0.15, -0.1) is 15.0 Å². The van der Waals surface area contributed by atoms with Crippen molar-refractivity contribution in [2.45, 2.75) is 6.92 Å². The Morgan fingerprint density at radius 2 is 2.26 bits per heavy atom. The topological polar surface area (TPSA) is 69.9 Å². The summed E-state index contributed by atoms with van der Waals surface area (Å²) in [4.78, 5) is 12.3. The Labute approximate surface area is 114 Å². The average Bonchev–Trinajstić information content (AvgIpc) is 2.86. The normalized spacial score (nSPS) is 10.8. The minimum Gasteiger partial charge on any atom is -0.463 e. The molecule has 6 nitrogen and oxygen atoms in total. The number of aromatic nitrogens is 4. The van der Waals surface area contributed by atoms with Crippen molar-refractivity contribution in [2.75, 3.05) is 6.61 Å². The molecule has 7 heteroatoms. The van der Waals surface area contributed by atoms with Gasteiger partial charge in [-0.1, -0.05) is 23.7 Å². The van der Waals surface area contributed by atoms with Crippen molar-refractivity contribution in [3.8, 4) is 11.4 Å². The number of carbonyl (C=O) groups excluding carboxylic acids is 1. The van der Waals surface area contributed by atoms with Gasteiger partial charge in [-0.25, -0.2) is 4.79 Å². The Kier molecular flexibility index (Phi) is 4.25. The van der Waals surface area contributed by atoms with Crippen LogP contribution in [0.1, 0.15) is 6.92 Å². The maximum Gasteiger partial charge on any atom is 0.332 e. The second kappa shape index (κ2) is 6.10. The van der Waals surface area contributed by atoms with Gasteiger partial charge in [-0.3, -0.25) is 0 Å². The van der Waals surface area contributed by atoms with E-state index in [9.17, 15) is 4.79 Å². The summed E-state index contributed by atoms with van der Waals surface area (Å²) in [7, 11) is 0. The van der Waals surface area contributed by atoms with Gasteiger partial charge in [0.15, 0.2) is 0 Å². The zero-order valence-electron chi connectivity index (χ0n) is 10.2. The van der Waals surface area contributed by atoms with Gasteiger partial charge in [0.25, 0.3) is 0 Å². The molecule has 0 atom stereocenters. The maximum atomic E-state index is 11.1. The van der Waals surface area contributed by atoms with E-state index in [1.807, 2.05) is 12.1 Å². The van der Waals surface area contributed by atoms with Crippen LogP contribution in [0.5, 0.6) is 0 Å². The molecule has 2 aromatic rings. The predicted octanol–water partition coefficient (Wildman–Crippen LogP) is 2.03. The molecule has 0 aliphatic rings. The van der Waals surface area contributed by atoms with Crippen molar-refractivity contribution in [1.29, 1.82) is 0 Å². The first-order chi connectivity index (χ1) is 9.20. The first-order valence-corrected chi connectivity index (χ1v) is 5.98. The van der Waals surface area contributed by atoms with E-state index in [0.717, 1.165) is 0 Å². The van der Waals surface area contributed by atoms with Crippen molar-refractivity contribution in [1.82, 2.24) is 20.2 Å². The smallest absolute Gasteiger partial charge is 0.332 e. The molecule has 98 valence electrons. The van der Waals surface area contributed by atoms with Gasteiger partial charge in [0.1, 0.15) is 0 Å². The summed E-state index contributed by atoms with van der Waals surface area (Å²) in [5, 5.41) is 12.3. The van der Waals surface area contributed by atoms with E-state index in [2.05, 4.69) is 15.4 Å². The molecule has 0 amide bonds. The number of hydrogen-bond acceptors (Lipinski definition) is 5. The molecule has 2 rings (SSSR count). The van der Waals surface area contributed by atoms with E-state index in [0.29, 0.717) is 23.0 Å².